The van der Waals surface area contributed by atoms with Crippen LogP contribution in [0.3, 0.4) is 0 Å². The van der Waals surface area contributed by atoms with Gasteiger partial charge in [-0.25, -0.2) is 28.6 Å². The van der Waals surface area contributed by atoms with Gasteiger partial charge in [0.2, 0.25) is 0 Å². The summed E-state index contributed by atoms with van der Waals surface area (Å²) >= 11 is 1.18. The van der Waals surface area contributed by atoms with E-state index >= 15 is 0 Å². The zero-order chi connectivity index (χ0) is 24.8. The van der Waals surface area contributed by atoms with Crippen LogP contribution in [0.25, 0.3) is 11.2 Å². The van der Waals surface area contributed by atoms with E-state index in [1.54, 1.807) is 6.26 Å². The topological polar surface area (TPSA) is 279 Å². The zero-order valence-electron chi connectivity index (χ0n) is 16.3. The molecule has 1 aliphatic heterocycles. The van der Waals surface area contributed by atoms with Gasteiger partial charge in [-0.15, -0.1) is 0 Å². The molecule has 8 N–H and O–H groups in total. The molecule has 0 radical (unpaired) electrons. The van der Waals surface area contributed by atoms with Crippen LogP contribution in [0.2, 0.25) is 0 Å². The van der Waals surface area contributed by atoms with Gasteiger partial charge < -0.3 is 40.3 Å². The smallest absolute Gasteiger partial charge is 0.387 e. The molecule has 3 heterocycles. The van der Waals surface area contributed by atoms with Crippen LogP contribution in [0.1, 0.15) is 6.23 Å². The van der Waals surface area contributed by atoms with Crippen LogP contribution in [-0.4, -0.2) is 80.5 Å². The van der Waals surface area contributed by atoms with Crippen LogP contribution in [0, 0.1) is 0 Å². The van der Waals surface area contributed by atoms with Gasteiger partial charge in [0.05, 0.1) is 12.9 Å². The third-order valence-electron chi connectivity index (χ3n) is 4.04. The number of aliphatic hydroxyl groups is 2. The Hall–Kier alpha value is -1.01. The Labute approximate surface area is 188 Å². The minimum atomic E-state index is -5.71. The van der Waals surface area contributed by atoms with Crippen molar-refractivity contribution in [1.82, 2.24) is 19.5 Å². The van der Waals surface area contributed by atoms with Gasteiger partial charge in [0, 0.05) is 0 Å². The summed E-state index contributed by atoms with van der Waals surface area (Å²) in [5.74, 6) is 0.0559. The van der Waals surface area contributed by atoms with Gasteiger partial charge in [-0.1, -0.05) is 11.8 Å². The fourth-order valence-corrected chi connectivity index (χ4v) is 6.16. The lowest BCUT2D eigenvalue weighted by Gasteiger charge is -2.19. The summed E-state index contributed by atoms with van der Waals surface area (Å²) in [5, 5.41) is 20.9. The van der Waals surface area contributed by atoms with Crippen molar-refractivity contribution in [3.8, 4) is 0 Å². The second-order valence-electron chi connectivity index (χ2n) is 6.35. The van der Waals surface area contributed by atoms with Crippen LogP contribution < -0.4 is 5.73 Å². The summed E-state index contributed by atoms with van der Waals surface area (Å²) in [5.41, 5.74) is 6.18. The Morgan fingerprint density at radius 3 is 2.39 bits per heavy atom. The summed E-state index contributed by atoms with van der Waals surface area (Å²) in [6.45, 7) is -0.960. The van der Waals surface area contributed by atoms with Crippen molar-refractivity contribution < 1.29 is 61.4 Å². The van der Waals surface area contributed by atoms with Crippen LogP contribution in [0.5, 0.6) is 0 Å². The van der Waals surface area contributed by atoms with Gasteiger partial charge in [0.25, 0.3) is 0 Å². The highest BCUT2D eigenvalue weighted by Crippen LogP contribution is 2.66. The van der Waals surface area contributed by atoms with Crippen molar-refractivity contribution in [2.45, 2.75) is 29.7 Å². The van der Waals surface area contributed by atoms with Gasteiger partial charge in [-0.05, 0) is 6.26 Å². The molecular weight excluding hydrogens is 535 g/mol. The molecule has 0 aliphatic carbocycles. The van der Waals surface area contributed by atoms with Gasteiger partial charge in [-0.2, -0.15) is 8.62 Å². The van der Waals surface area contributed by atoms with Crippen LogP contribution in [-0.2, 0) is 31.6 Å². The first-order valence-electron chi connectivity index (χ1n) is 8.46. The van der Waals surface area contributed by atoms with E-state index in [0.29, 0.717) is 5.16 Å². The summed E-state index contributed by atoms with van der Waals surface area (Å²) in [4.78, 5) is 48.0. The van der Waals surface area contributed by atoms with E-state index in [9.17, 15) is 28.8 Å². The minimum absolute atomic E-state index is 0.0559. The lowest BCUT2D eigenvalue weighted by Crippen LogP contribution is -2.33. The first-order chi connectivity index (χ1) is 15.1. The number of aliphatic hydroxyl groups excluding tert-OH is 2. The van der Waals surface area contributed by atoms with Crippen molar-refractivity contribution >= 4 is 52.2 Å². The molecule has 2 unspecified atom stereocenters. The number of hydrogen-bond donors (Lipinski definition) is 7. The van der Waals surface area contributed by atoms with Crippen molar-refractivity contribution in [2.75, 3.05) is 18.6 Å². The monoisotopic (exact) mass is 553 g/mol. The van der Waals surface area contributed by atoms with Gasteiger partial charge >= 0.3 is 23.5 Å². The molecule has 0 aromatic carbocycles. The van der Waals surface area contributed by atoms with E-state index in [1.165, 1.54) is 22.7 Å². The molecule has 1 fully saturated rings. The molecule has 0 saturated carbocycles. The number of phosphoric acid groups is 3. The summed E-state index contributed by atoms with van der Waals surface area (Å²) in [7, 11) is -16.7. The predicted octanol–water partition coefficient (Wildman–Crippen LogP) is -0.907. The van der Waals surface area contributed by atoms with Crippen molar-refractivity contribution in [3.63, 3.8) is 0 Å². The summed E-state index contributed by atoms with van der Waals surface area (Å²) in [6.07, 6.45) is -3.14. The number of nitrogens with two attached hydrogens (primary N) is 1. The first-order valence-corrected chi connectivity index (χ1v) is 14.2. The average Bonchev–Trinajstić information content (AvgIpc) is 3.19. The molecule has 186 valence electrons. The SMILES string of the molecule is CSc1nc(N)c2ncn([C@@H]3O[C@H](COP(=O)(O)OP(=O)(O)OP(=O)(O)O)[C@H](O)[C@@H]3O)c2n1. The Kier molecular flexibility index (Phi) is 7.71. The number of fused-ring (bicyclic) bond motifs is 1. The lowest BCUT2D eigenvalue weighted by atomic mass is 10.1. The van der Waals surface area contributed by atoms with Crippen molar-refractivity contribution in [3.05, 3.63) is 6.33 Å². The molecule has 1 saturated heterocycles. The maximum Gasteiger partial charge on any atom is 0.490 e. The van der Waals surface area contributed by atoms with E-state index in [0.717, 1.165) is 0 Å². The summed E-state index contributed by atoms with van der Waals surface area (Å²) in [6, 6.07) is 0. The van der Waals surface area contributed by atoms with E-state index in [1.807, 2.05) is 0 Å². The summed E-state index contributed by atoms with van der Waals surface area (Å²) < 4.78 is 52.2. The number of thioether (sulfide) groups is 1. The average molecular weight is 553 g/mol. The third-order valence-corrected chi connectivity index (χ3v) is 8.39. The van der Waals surface area contributed by atoms with Gasteiger partial charge in [-0.3, -0.25) is 9.09 Å². The second kappa shape index (κ2) is 9.56. The number of ether oxygens (including phenoxy) is 1. The number of nitrogen functional groups attached to an aromatic ring is 1. The van der Waals surface area contributed by atoms with Crippen LogP contribution in [0.15, 0.2) is 11.5 Å². The maximum atomic E-state index is 11.9. The van der Waals surface area contributed by atoms with E-state index < -0.39 is 54.6 Å². The standard InChI is InChI=1S/C11H18N5O13P3S/c1-33-11-14-8(12)5-9(15-11)16(3-13-5)10-7(18)6(17)4(27-10)2-26-31(22,23)29-32(24,25)28-30(19,20)21/h3-4,6-7,10,17-18H,2H2,1H3,(H,22,23)(H,24,25)(H2,12,14,15)(H2,19,20,21)/t4-,6+,7+,10-/m1/s1. The highest BCUT2D eigenvalue weighted by atomic mass is 32.2. The fourth-order valence-electron chi connectivity index (χ4n) is 2.76. The van der Waals surface area contributed by atoms with Crippen molar-refractivity contribution in [1.29, 1.82) is 0 Å². The van der Waals surface area contributed by atoms with Crippen LogP contribution >= 0.6 is 35.2 Å². The highest BCUT2D eigenvalue weighted by Gasteiger charge is 2.47. The number of aromatic nitrogens is 4. The molecule has 18 nitrogen and oxygen atoms in total. The van der Waals surface area contributed by atoms with Gasteiger partial charge in [0.15, 0.2) is 22.8 Å². The largest absolute Gasteiger partial charge is 0.490 e. The maximum absolute atomic E-state index is 11.9. The number of phosphoric ester groups is 1. The fraction of sp³-hybridized carbons (Fsp3) is 0.545. The number of anilines is 1. The predicted molar refractivity (Wildman–Crippen MR) is 107 cm³/mol. The minimum Gasteiger partial charge on any atom is -0.387 e. The van der Waals surface area contributed by atoms with E-state index in [-0.39, 0.29) is 17.0 Å². The Balaban J connectivity index is 1.73. The molecule has 0 bridgehead atoms. The molecule has 0 amide bonds. The molecule has 33 heavy (non-hydrogen) atoms. The number of rotatable bonds is 9. The number of nitrogens with zero attached hydrogens (tertiary/aromatic N) is 4. The highest BCUT2D eigenvalue weighted by molar-refractivity contribution is 7.98. The molecule has 6 atom stereocenters. The molecule has 22 heteroatoms. The van der Waals surface area contributed by atoms with E-state index in [4.69, 9.17) is 25.2 Å². The second-order valence-corrected chi connectivity index (χ2v) is 11.5. The van der Waals surface area contributed by atoms with Crippen molar-refractivity contribution in [2.24, 2.45) is 0 Å². The molecular formula is C11H18N5O13P3S. The van der Waals surface area contributed by atoms with Crippen LogP contribution in [0.4, 0.5) is 5.82 Å². The Bertz CT molecular complexity index is 1170. The Morgan fingerprint density at radius 1 is 1.12 bits per heavy atom. The molecule has 2 aromatic rings. The third kappa shape index (κ3) is 6.36. The molecule has 3 rings (SSSR count). The molecule has 2 aromatic heterocycles. The number of imidazole rings is 1. The zero-order valence-corrected chi connectivity index (χ0v) is 19.8. The molecule has 0 spiro atoms. The Morgan fingerprint density at radius 2 is 1.79 bits per heavy atom. The quantitative estimate of drug-likeness (QED) is 0.112. The normalized spacial score (nSPS) is 27.5. The van der Waals surface area contributed by atoms with E-state index in [2.05, 4.69) is 28.1 Å². The number of hydrogen-bond acceptors (Lipinski definition) is 14. The first kappa shape index (κ1) is 26.6. The lowest BCUT2D eigenvalue weighted by molar-refractivity contribution is -0.0503. The van der Waals surface area contributed by atoms with Gasteiger partial charge in [0.1, 0.15) is 23.8 Å². The molecule has 1 aliphatic rings.